The van der Waals surface area contributed by atoms with Gasteiger partial charge in [0.15, 0.2) is 5.58 Å². The van der Waals surface area contributed by atoms with Gasteiger partial charge in [-0.25, -0.2) is 4.79 Å². The number of halogens is 2. The summed E-state index contributed by atoms with van der Waals surface area (Å²) in [6, 6.07) is 6.88. The van der Waals surface area contributed by atoms with Crippen LogP contribution in [0, 0.1) is 5.92 Å². The number of carbonyl (C=O) groups excluding carboxylic acids is 1. The normalized spacial score (nSPS) is 20.0. The Morgan fingerprint density at radius 1 is 1.45 bits per heavy atom. The van der Waals surface area contributed by atoms with E-state index < -0.39 is 16.1 Å². The summed E-state index contributed by atoms with van der Waals surface area (Å²) < 4.78 is 10.6. The highest BCUT2D eigenvalue weighted by Gasteiger charge is 2.52. The predicted octanol–water partition coefficient (Wildman–Crippen LogP) is 2.33. The molecular formula is C13H11Cl2NO4. The Labute approximate surface area is 124 Å². The minimum absolute atomic E-state index is 0.0346. The average molecular weight is 316 g/mol. The highest BCUT2D eigenvalue weighted by Crippen LogP contribution is 2.53. The van der Waals surface area contributed by atoms with Gasteiger partial charge in [-0.15, -0.1) is 23.2 Å². The number of para-hydroxylation sites is 2. The standard InChI is InChI=1S/C13H11Cl2NO4/c14-13(15)5-8(13)7-19-11(17)6-16-9-3-1-2-4-10(9)20-12(16)18/h1-4,8H,5-7H2. The van der Waals surface area contributed by atoms with Gasteiger partial charge < -0.3 is 9.15 Å². The number of hydrogen-bond donors (Lipinski definition) is 0. The minimum atomic E-state index is -0.778. The molecule has 2 aromatic rings. The number of hydrogen-bond acceptors (Lipinski definition) is 4. The fourth-order valence-corrected chi connectivity index (χ4v) is 2.48. The molecule has 5 nitrogen and oxygen atoms in total. The molecule has 0 amide bonds. The van der Waals surface area contributed by atoms with Crippen molar-refractivity contribution in [3.63, 3.8) is 0 Å². The fourth-order valence-electron chi connectivity index (χ4n) is 1.98. The first-order chi connectivity index (χ1) is 9.47. The molecule has 1 aliphatic carbocycles. The molecule has 3 rings (SSSR count). The van der Waals surface area contributed by atoms with E-state index in [0.717, 1.165) is 0 Å². The Morgan fingerprint density at radius 3 is 2.85 bits per heavy atom. The molecule has 0 radical (unpaired) electrons. The molecular weight excluding hydrogens is 305 g/mol. The summed E-state index contributed by atoms with van der Waals surface area (Å²) in [7, 11) is 0. The van der Waals surface area contributed by atoms with Crippen molar-refractivity contribution in [2.24, 2.45) is 5.92 Å². The molecule has 1 aromatic heterocycles. The van der Waals surface area contributed by atoms with Crippen molar-refractivity contribution in [1.29, 1.82) is 0 Å². The van der Waals surface area contributed by atoms with Crippen molar-refractivity contribution in [2.45, 2.75) is 17.3 Å². The van der Waals surface area contributed by atoms with Gasteiger partial charge in [-0.3, -0.25) is 9.36 Å². The smallest absolute Gasteiger partial charge is 0.420 e. The van der Waals surface area contributed by atoms with Gasteiger partial charge in [0.05, 0.1) is 12.1 Å². The maximum atomic E-state index is 11.7. The molecule has 1 fully saturated rings. The third-order valence-electron chi connectivity index (χ3n) is 3.26. The number of oxazole rings is 1. The van der Waals surface area contributed by atoms with Gasteiger partial charge in [-0.1, -0.05) is 12.1 Å². The summed E-state index contributed by atoms with van der Waals surface area (Å²) in [5.41, 5.74) is 0.998. The van der Waals surface area contributed by atoms with Crippen LogP contribution in [0.1, 0.15) is 6.42 Å². The van der Waals surface area contributed by atoms with E-state index in [-0.39, 0.29) is 19.1 Å². The lowest BCUT2D eigenvalue weighted by Gasteiger charge is -2.05. The topological polar surface area (TPSA) is 61.4 Å². The van der Waals surface area contributed by atoms with Crippen LogP contribution in [0.15, 0.2) is 33.5 Å². The van der Waals surface area contributed by atoms with Crippen molar-refractivity contribution in [2.75, 3.05) is 6.61 Å². The largest absolute Gasteiger partial charge is 0.464 e. The molecule has 0 N–H and O–H groups in total. The van der Waals surface area contributed by atoms with Crippen LogP contribution in [-0.2, 0) is 16.1 Å². The van der Waals surface area contributed by atoms with E-state index in [1.165, 1.54) is 4.57 Å². The molecule has 7 heteroatoms. The van der Waals surface area contributed by atoms with E-state index in [4.69, 9.17) is 32.4 Å². The van der Waals surface area contributed by atoms with Crippen LogP contribution in [0.5, 0.6) is 0 Å². The number of carbonyl (C=O) groups is 1. The summed E-state index contributed by atoms with van der Waals surface area (Å²) in [6.45, 7) is -0.0312. The van der Waals surface area contributed by atoms with E-state index in [1.807, 2.05) is 0 Å². The number of ether oxygens (including phenoxy) is 1. The van der Waals surface area contributed by atoms with Gasteiger partial charge in [-0.05, 0) is 18.6 Å². The summed E-state index contributed by atoms with van der Waals surface area (Å²) in [5.74, 6) is -1.14. The lowest BCUT2D eigenvalue weighted by atomic mass is 10.3. The summed E-state index contributed by atoms with van der Waals surface area (Å²) in [4.78, 5) is 23.4. The van der Waals surface area contributed by atoms with Gasteiger partial charge in [0.2, 0.25) is 0 Å². The zero-order chi connectivity index (χ0) is 14.3. The Morgan fingerprint density at radius 2 is 2.15 bits per heavy atom. The molecule has 0 bridgehead atoms. The van der Waals surface area contributed by atoms with E-state index in [2.05, 4.69) is 0 Å². The third-order valence-corrected chi connectivity index (χ3v) is 4.19. The second kappa shape index (κ2) is 4.82. The molecule has 20 heavy (non-hydrogen) atoms. The summed E-state index contributed by atoms with van der Waals surface area (Å²) >= 11 is 11.7. The van der Waals surface area contributed by atoms with Gasteiger partial charge >= 0.3 is 11.7 Å². The van der Waals surface area contributed by atoms with Crippen LogP contribution in [0.3, 0.4) is 0 Å². The second-order valence-corrected chi connectivity index (χ2v) is 6.31. The van der Waals surface area contributed by atoms with Crippen LogP contribution >= 0.6 is 23.2 Å². The summed E-state index contributed by atoms with van der Waals surface area (Å²) in [5, 5.41) is 0. The molecule has 106 valence electrons. The number of aromatic nitrogens is 1. The molecule has 1 saturated carbocycles. The average Bonchev–Trinajstić information content (AvgIpc) is 2.89. The zero-order valence-electron chi connectivity index (χ0n) is 10.3. The quantitative estimate of drug-likeness (QED) is 0.641. The first-order valence-electron chi connectivity index (χ1n) is 6.09. The molecule has 1 aromatic carbocycles. The predicted molar refractivity (Wildman–Crippen MR) is 74.0 cm³/mol. The lowest BCUT2D eigenvalue weighted by Crippen LogP contribution is -2.22. The van der Waals surface area contributed by atoms with Crippen molar-refractivity contribution in [1.82, 2.24) is 4.57 Å². The van der Waals surface area contributed by atoms with E-state index in [1.54, 1.807) is 24.3 Å². The van der Waals surface area contributed by atoms with Gasteiger partial charge in [0, 0.05) is 5.92 Å². The number of fused-ring (bicyclic) bond motifs is 1. The number of benzene rings is 1. The van der Waals surface area contributed by atoms with Crippen LogP contribution < -0.4 is 5.76 Å². The SMILES string of the molecule is O=C(Cn1c(=O)oc2ccccc21)OCC1CC1(Cl)Cl. The minimum Gasteiger partial charge on any atom is -0.464 e. The van der Waals surface area contributed by atoms with Crippen LogP contribution in [-0.4, -0.2) is 21.5 Å². The highest BCUT2D eigenvalue weighted by molar-refractivity contribution is 6.50. The zero-order valence-corrected chi connectivity index (χ0v) is 11.9. The number of alkyl halides is 2. The van der Waals surface area contributed by atoms with Crippen molar-refractivity contribution in [3.8, 4) is 0 Å². The van der Waals surface area contributed by atoms with Gasteiger partial charge in [0.25, 0.3) is 0 Å². The molecule has 0 aliphatic heterocycles. The Balaban J connectivity index is 1.68. The monoisotopic (exact) mass is 315 g/mol. The molecule has 1 heterocycles. The number of rotatable bonds is 4. The Kier molecular flexibility index (Phi) is 3.26. The van der Waals surface area contributed by atoms with Crippen LogP contribution in [0.2, 0.25) is 0 Å². The van der Waals surface area contributed by atoms with Crippen LogP contribution in [0.4, 0.5) is 0 Å². The molecule has 0 saturated heterocycles. The molecule has 1 unspecified atom stereocenters. The second-order valence-electron chi connectivity index (χ2n) is 4.77. The first-order valence-corrected chi connectivity index (χ1v) is 6.85. The van der Waals surface area contributed by atoms with Crippen LogP contribution in [0.25, 0.3) is 11.1 Å². The van der Waals surface area contributed by atoms with E-state index in [9.17, 15) is 9.59 Å². The van der Waals surface area contributed by atoms with Gasteiger partial charge in [-0.2, -0.15) is 0 Å². The van der Waals surface area contributed by atoms with E-state index >= 15 is 0 Å². The third kappa shape index (κ3) is 2.55. The maximum Gasteiger partial charge on any atom is 0.420 e. The van der Waals surface area contributed by atoms with Crippen molar-refractivity contribution in [3.05, 3.63) is 34.8 Å². The van der Waals surface area contributed by atoms with Crippen molar-refractivity contribution >= 4 is 40.3 Å². The fraction of sp³-hybridized carbons (Fsp3) is 0.385. The Bertz CT molecular complexity index is 718. The van der Waals surface area contributed by atoms with Gasteiger partial charge in [0.1, 0.15) is 10.9 Å². The number of esters is 1. The van der Waals surface area contributed by atoms with E-state index in [0.29, 0.717) is 17.5 Å². The molecule has 1 atom stereocenters. The highest BCUT2D eigenvalue weighted by atomic mass is 35.5. The summed E-state index contributed by atoms with van der Waals surface area (Å²) in [6.07, 6.45) is 0.609. The maximum absolute atomic E-state index is 11.7. The first kappa shape index (κ1) is 13.5. The van der Waals surface area contributed by atoms with Crippen molar-refractivity contribution < 1.29 is 13.9 Å². The molecule has 1 aliphatic rings. The lowest BCUT2D eigenvalue weighted by molar-refractivity contribution is -0.144. The number of nitrogens with zero attached hydrogens (tertiary/aromatic N) is 1. The molecule has 0 spiro atoms. The Hall–Kier alpha value is -1.46.